The average Bonchev–Trinajstić information content (AvgIpc) is 2.32. The van der Waals surface area contributed by atoms with Crippen molar-refractivity contribution in [3.05, 3.63) is 11.5 Å². The minimum absolute atomic E-state index is 0. The molecular formula is C7H8NNaO4. The van der Waals surface area contributed by atoms with Gasteiger partial charge in [-0.25, -0.2) is 4.79 Å². The van der Waals surface area contributed by atoms with Gasteiger partial charge in [0.1, 0.15) is 5.57 Å². The van der Waals surface area contributed by atoms with Crippen molar-refractivity contribution >= 4 is 11.7 Å². The average molecular weight is 193 g/mol. The summed E-state index contributed by atoms with van der Waals surface area (Å²) in [7, 11) is 0. The molecule has 1 aliphatic heterocycles. The van der Waals surface area contributed by atoms with Gasteiger partial charge >= 0.3 is 35.5 Å². The second-order valence-corrected chi connectivity index (χ2v) is 2.15. The third kappa shape index (κ3) is 2.72. The van der Waals surface area contributed by atoms with Crippen molar-refractivity contribution in [3.8, 4) is 0 Å². The monoisotopic (exact) mass is 193 g/mol. The van der Waals surface area contributed by atoms with Gasteiger partial charge in [0.15, 0.2) is 0 Å². The van der Waals surface area contributed by atoms with Crippen LogP contribution < -0.4 is 34.7 Å². The van der Waals surface area contributed by atoms with Crippen LogP contribution in [-0.2, 0) is 14.4 Å². The van der Waals surface area contributed by atoms with Gasteiger partial charge < -0.3 is 14.7 Å². The maximum atomic E-state index is 11.0. The molecule has 66 valence electrons. The van der Waals surface area contributed by atoms with Crippen LogP contribution in [0.2, 0.25) is 0 Å². The van der Waals surface area contributed by atoms with Gasteiger partial charge in [0, 0.05) is 0 Å². The molecule has 0 atom stereocenters. The van der Waals surface area contributed by atoms with E-state index >= 15 is 0 Å². The summed E-state index contributed by atoms with van der Waals surface area (Å²) in [6.07, 6.45) is 0. The number of ether oxygens (including phenoxy) is 1. The smallest absolute Gasteiger partial charge is 0.613 e. The van der Waals surface area contributed by atoms with Crippen molar-refractivity contribution < 1.29 is 49.0 Å². The second kappa shape index (κ2) is 5.26. The Balaban J connectivity index is 0.00000144. The van der Waals surface area contributed by atoms with Crippen molar-refractivity contribution in [3.63, 3.8) is 0 Å². The van der Waals surface area contributed by atoms with Crippen molar-refractivity contribution in [2.75, 3.05) is 6.61 Å². The number of rotatable bonds is 2. The molecular weight excluding hydrogens is 185 g/mol. The Hall–Kier alpha value is -0.520. The first-order valence-electron chi connectivity index (χ1n) is 3.47. The summed E-state index contributed by atoms with van der Waals surface area (Å²) in [5, 5.41) is 14.4. The third-order valence-electron chi connectivity index (χ3n) is 1.31. The van der Waals surface area contributed by atoms with Gasteiger partial charge in [0.05, 0.1) is 11.7 Å². The molecule has 0 aromatic rings. The summed E-state index contributed by atoms with van der Waals surface area (Å²) in [5.74, 6) is -1.42. The summed E-state index contributed by atoms with van der Waals surface area (Å²) in [6.45, 7) is 3.39. The van der Waals surface area contributed by atoms with E-state index < -0.39 is 11.9 Å². The summed E-state index contributed by atoms with van der Waals surface area (Å²) in [5.41, 5.74) is 0.148. The van der Waals surface area contributed by atoms with Crippen LogP contribution in [0.25, 0.3) is 0 Å². The number of carbonyl (C=O) groups is 1. The zero-order valence-corrected chi connectivity index (χ0v) is 9.79. The Kier molecular flexibility index (Phi) is 5.05. The molecule has 0 aromatic carbocycles. The van der Waals surface area contributed by atoms with E-state index in [-0.39, 0.29) is 47.4 Å². The molecule has 0 fully saturated rings. The molecule has 0 saturated carbocycles. The van der Waals surface area contributed by atoms with Crippen LogP contribution in [0.3, 0.4) is 0 Å². The fourth-order valence-corrected chi connectivity index (χ4v) is 0.783. The fraction of sp³-hybridized carbons (Fsp3) is 0.429. The van der Waals surface area contributed by atoms with E-state index in [1.54, 1.807) is 6.92 Å². The van der Waals surface area contributed by atoms with E-state index in [1.165, 1.54) is 6.92 Å². The van der Waals surface area contributed by atoms with Crippen LogP contribution in [0.1, 0.15) is 13.8 Å². The molecule has 0 spiro atoms. The molecule has 0 radical (unpaired) electrons. The van der Waals surface area contributed by atoms with Crippen molar-refractivity contribution in [1.29, 1.82) is 0 Å². The predicted molar refractivity (Wildman–Crippen MR) is 37.9 cm³/mol. The fourth-order valence-electron chi connectivity index (χ4n) is 0.783. The van der Waals surface area contributed by atoms with Crippen LogP contribution >= 0.6 is 0 Å². The van der Waals surface area contributed by atoms with Gasteiger partial charge in [0.2, 0.25) is 0 Å². The van der Waals surface area contributed by atoms with Crippen molar-refractivity contribution in [2.24, 2.45) is 5.16 Å². The topological polar surface area (TPSA) is 71.0 Å². The van der Waals surface area contributed by atoms with Gasteiger partial charge in [-0.1, -0.05) is 12.1 Å². The first-order chi connectivity index (χ1) is 5.66. The van der Waals surface area contributed by atoms with E-state index in [9.17, 15) is 9.90 Å². The number of hydrogen-bond acceptors (Lipinski definition) is 5. The summed E-state index contributed by atoms with van der Waals surface area (Å²) >= 11 is 0. The van der Waals surface area contributed by atoms with Crippen LogP contribution in [0.5, 0.6) is 0 Å². The van der Waals surface area contributed by atoms with Crippen LogP contribution in [0.4, 0.5) is 0 Å². The molecule has 0 unspecified atom stereocenters. The quantitative estimate of drug-likeness (QED) is 0.198. The molecule has 0 aliphatic carbocycles. The zero-order chi connectivity index (χ0) is 9.14. The minimum atomic E-state index is -0.744. The Morgan fingerprint density at radius 3 is 2.69 bits per heavy atom. The summed E-state index contributed by atoms with van der Waals surface area (Å²) < 4.78 is 4.61. The number of carbonyl (C=O) groups excluding carboxylic acids is 1. The van der Waals surface area contributed by atoms with Gasteiger partial charge in [0.25, 0.3) is 0 Å². The zero-order valence-electron chi connectivity index (χ0n) is 7.79. The molecule has 0 N–H and O–H groups in total. The van der Waals surface area contributed by atoms with E-state index in [2.05, 4.69) is 14.7 Å². The van der Waals surface area contributed by atoms with Crippen LogP contribution in [0, 0.1) is 0 Å². The molecule has 1 rings (SSSR count). The molecule has 0 bridgehead atoms. The molecule has 0 aromatic heterocycles. The molecule has 13 heavy (non-hydrogen) atoms. The second-order valence-electron chi connectivity index (χ2n) is 2.15. The summed E-state index contributed by atoms with van der Waals surface area (Å²) in [4.78, 5) is 15.1. The van der Waals surface area contributed by atoms with Gasteiger partial charge in [-0.3, -0.25) is 0 Å². The Labute approximate surface area is 97.7 Å². The molecule has 1 heterocycles. The molecule has 0 saturated heterocycles. The minimum Gasteiger partial charge on any atom is -0.613 e. The van der Waals surface area contributed by atoms with E-state index in [0.717, 1.165) is 0 Å². The maximum Gasteiger partial charge on any atom is 1.00 e. The molecule has 5 nitrogen and oxygen atoms in total. The van der Waals surface area contributed by atoms with Crippen LogP contribution in [-0.4, -0.2) is 18.3 Å². The first-order valence-corrected chi connectivity index (χ1v) is 3.47. The standard InChI is InChI=1S/C7H9NO4.Na/c1-3-11-6(9)5-4(2)8-12-7(5)10;/h9H,3H2,1-2H3;/q;+1/p-1/b6-5+;. The number of hydrogen-bond donors (Lipinski definition) is 0. The molecule has 1 aliphatic rings. The van der Waals surface area contributed by atoms with Gasteiger partial charge in [-0.05, 0) is 13.5 Å². The van der Waals surface area contributed by atoms with E-state index in [0.29, 0.717) is 0 Å². The maximum absolute atomic E-state index is 11.0. The molecule has 6 heteroatoms. The number of oxime groups is 1. The van der Waals surface area contributed by atoms with E-state index in [1.807, 2.05) is 0 Å². The third-order valence-corrected chi connectivity index (χ3v) is 1.31. The van der Waals surface area contributed by atoms with Crippen molar-refractivity contribution in [1.82, 2.24) is 0 Å². The number of nitrogens with zero attached hydrogens (tertiary/aromatic N) is 1. The normalized spacial score (nSPS) is 18.6. The Morgan fingerprint density at radius 1 is 1.69 bits per heavy atom. The Morgan fingerprint density at radius 2 is 2.31 bits per heavy atom. The predicted octanol–water partition coefficient (Wildman–Crippen LogP) is -3.47. The Bertz CT molecular complexity index is 272. The van der Waals surface area contributed by atoms with Crippen LogP contribution in [0.15, 0.2) is 16.7 Å². The molecule has 0 amide bonds. The SMILES string of the molecule is CCO/C([O-])=C1/C(=O)ON=C1C.[Na+]. The van der Waals surface area contributed by atoms with Crippen molar-refractivity contribution in [2.45, 2.75) is 13.8 Å². The first kappa shape index (κ1) is 12.5. The summed E-state index contributed by atoms with van der Waals surface area (Å²) in [6, 6.07) is 0. The van der Waals surface area contributed by atoms with Gasteiger partial charge in [-0.15, -0.1) is 0 Å². The van der Waals surface area contributed by atoms with E-state index in [4.69, 9.17) is 0 Å². The van der Waals surface area contributed by atoms with Gasteiger partial charge in [-0.2, -0.15) is 0 Å². The largest absolute Gasteiger partial charge is 1.00 e.